The van der Waals surface area contributed by atoms with Crippen LogP contribution < -0.4 is 0 Å². The average molecular weight is 318 g/mol. The van der Waals surface area contributed by atoms with E-state index in [1.54, 1.807) is 18.3 Å². The summed E-state index contributed by atoms with van der Waals surface area (Å²) in [6, 6.07) is 6.03. The highest BCUT2D eigenvalue weighted by Gasteiger charge is 2.21. The van der Waals surface area contributed by atoms with E-state index in [2.05, 4.69) is 4.98 Å². The minimum absolute atomic E-state index is 0.0829. The number of benzene rings is 1. The number of rotatable bonds is 4. The highest BCUT2D eigenvalue weighted by molar-refractivity contribution is 5.76. The number of hydrogen-bond acceptors (Lipinski definition) is 4. The lowest BCUT2D eigenvalue weighted by Crippen LogP contribution is -2.44. The van der Waals surface area contributed by atoms with Gasteiger partial charge < -0.3 is 14.1 Å². The van der Waals surface area contributed by atoms with Crippen molar-refractivity contribution >= 4 is 5.91 Å². The zero-order valence-electron chi connectivity index (χ0n) is 13.0. The Morgan fingerprint density at radius 2 is 2.17 bits per heavy atom. The van der Waals surface area contributed by atoms with E-state index in [0.717, 1.165) is 5.56 Å². The van der Waals surface area contributed by atoms with Crippen molar-refractivity contribution in [2.24, 2.45) is 0 Å². The van der Waals surface area contributed by atoms with Gasteiger partial charge in [0.2, 0.25) is 5.91 Å². The van der Waals surface area contributed by atoms with Gasteiger partial charge in [0.1, 0.15) is 5.82 Å². The van der Waals surface area contributed by atoms with Crippen LogP contribution in [-0.4, -0.2) is 41.6 Å². The average Bonchev–Trinajstić information content (AvgIpc) is 3.02. The van der Waals surface area contributed by atoms with Crippen LogP contribution in [0.2, 0.25) is 0 Å². The summed E-state index contributed by atoms with van der Waals surface area (Å²) >= 11 is 0. The minimum Gasteiger partial charge on any atom is -0.441 e. The lowest BCUT2D eigenvalue weighted by Gasteiger charge is -2.31. The Balaban J connectivity index is 1.56. The molecule has 0 N–H and O–H groups in total. The maximum absolute atomic E-state index is 12.9. The Labute approximate surface area is 134 Å². The Bertz CT molecular complexity index is 669. The third-order valence-corrected chi connectivity index (χ3v) is 3.83. The molecule has 0 radical (unpaired) electrons. The van der Waals surface area contributed by atoms with Crippen LogP contribution in [0.4, 0.5) is 4.39 Å². The first-order valence-electron chi connectivity index (χ1n) is 7.72. The minimum atomic E-state index is -0.293. The summed E-state index contributed by atoms with van der Waals surface area (Å²) in [5.74, 6) is 0.881. The number of halogens is 1. The second-order valence-corrected chi connectivity index (χ2v) is 5.65. The van der Waals surface area contributed by atoms with Crippen LogP contribution in [0, 0.1) is 5.82 Å². The molecule has 1 aliphatic rings. The van der Waals surface area contributed by atoms with E-state index in [1.807, 2.05) is 11.8 Å². The number of carbonyl (C=O) groups excluding carboxylic acids is 1. The van der Waals surface area contributed by atoms with Gasteiger partial charge in [-0.2, -0.15) is 0 Å². The maximum atomic E-state index is 12.9. The summed E-state index contributed by atoms with van der Waals surface area (Å²) < 4.78 is 24.0. The predicted molar refractivity (Wildman–Crippen MR) is 82.2 cm³/mol. The number of carbonyl (C=O) groups is 1. The number of nitrogens with zero attached hydrogens (tertiary/aromatic N) is 2. The highest BCUT2D eigenvalue weighted by atomic mass is 19.1. The first-order chi connectivity index (χ1) is 11.1. The molecule has 122 valence electrons. The van der Waals surface area contributed by atoms with Crippen molar-refractivity contribution in [1.29, 1.82) is 0 Å². The van der Waals surface area contributed by atoms with E-state index in [4.69, 9.17) is 9.15 Å². The van der Waals surface area contributed by atoms with Gasteiger partial charge in [-0.05, 0) is 31.2 Å². The molecule has 0 spiro atoms. The molecular formula is C17H19FN2O3. The number of amides is 1. The molecule has 1 aromatic heterocycles. The fraction of sp³-hybridized carbons (Fsp3) is 0.412. The lowest BCUT2D eigenvalue weighted by molar-refractivity contribution is -0.138. The molecule has 6 heteroatoms. The van der Waals surface area contributed by atoms with Crippen LogP contribution in [0.5, 0.6) is 0 Å². The summed E-state index contributed by atoms with van der Waals surface area (Å²) in [5, 5.41) is 0. The Morgan fingerprint density at radius 3 is 2.91 bits per heavy atom. The lowest BCUT2D eigenvalue weighted by atomic mass is 10.2. The monoisotopic (exact) mass is 318 g/mol. The second-order valence-electron chi connectivity index (χ2n) is 5.65. The predicted octanol–water partition coefficient (Wildman–Crippen LogP) is 2.66. The summed E-state index contributed by atoms with van der Waals surface area (Å²) in [5.41, 5.74) is 0.762. The van der Waals surface area contributed by atoms with Gasteiger partial charge in [0, 0.05) is 31.5 Å². The van der Waals surface area contributed by atoms with Gasteiger partial charge in [-0.15, -0.1) is 0 Å². The molecule has 2 heterocycles. The van der Waals surface area contributed by atoms with E-state index < -0.39 is 0 Å². The maximum Gasteiger partial charge on any atom is 0.223 e. The number of ether oxygens (including phenoxy) is 1. The molecule has 1 saturated heterocycles. The van der Waals surface area contributed by atoms with Crippen molar-refractivity contribution < 1.29 is 18.3 Å². The topological polar surface area (TPSA) is 55.6 Å². The van der Waals surface area contributed by atoms with E-state index >= 15 is 0 Å². The van der Waals surface area contributed by atoms with Crippen LogP contribution in [0.1, 0.15) is 19.2 Å². The first-order valence-corrected chi connectivity index (χ1v) is 7.72. The number of aromatic nitrogens is 1. The quantitative estimate of drug-likeness (QED) is 0.869. The largest absolute Gasteiger partial charge is 0.441 e. The van der Waals surface area contributed by atoms with Gasteiger partial charge >= 0.3 is 0 Å². The van der Waals surface area contributed by atoms with Crippen LogP contribution >= 0.6 is 0 Å². The summed E-state index contributed by atoms with van der Waals surface area (Å²) in [6.07, 6.45) is 2.49. The van der Waals surface area contributed by atoms with Crippen molar-refractivity contribution in [3.63, 3.8) is 0 Å². The Hall–Kier alpha value is -2.21. The molecular weight excluding hydrogens is 299 g/mol. The third-order valence-electron chi connectivity index (χ3n) is 3.83. The van der Waals surface area contributed by atoms with Gasteiger partial charge in [0.25, 0.3) is 0 Å². The molecule has 1 atom stereocenters. The highest BCUT2D eigenvalue weighted by Crippen LogP contribution is 2.21. The van der Waals surface area contributed by atoms with Crippen molar-refractivity contribution in [3.8, 4) is 11.3 Å². The van der Waals surface area contributed by atoms with Crippen LogP contribution in [0.25, 0.3) is 11.3 Å². The fourth-order valence-electron chi connectivity index (χ4n) is 2.59. The normalized spacial score (nSPS) is 18.2. The third kappa shape index (κ3) is 3.96. The molecule has 1 aromatic carbocycles. The fourth-order valence-corrected chi connectivity index (χ4v) is 2.59. The van der Waals surface area contributed by atoms with E-state index in [9.17, 15) is 9.18 Å². The first kappa shape index (κ1) is 15.7. The number of hydrogen-bond donors (Lipinski definition) is 0. The van der Waals surface area contributed by atoms with Crippen molar-refractivity contribution in [1.82, 2.24) is 9.88 Å². The van der Waals surface area contributed by atoms with Gasteiger partial charge in [0.05, 0.1) is 18.9 Å². The van der Waals surface area contributed by atoms with Gasteiger partial charge in [0.15, 0.2) is 11.7 Å². The molecule has 0 saturated carbocycles. The second kappa shape index (κ2) is 6.91. The molecule has 1 unspecified atom stereocenters. The summed E-state index contributed by atoms with van der Waals surface area (Å²) in [4.78, 5) is 18.2. The molecule has 23 heavy (non-hydrogen) atoms. The summed E-state index contributed by atoms with van der Waals surface area (Å²) in [6.45, 7) is 3.81. The molecule has 3 rings (SSSR count). The van der Waals surface area contributed by atoms with Gasteiger partial charge in [-0.1, -0.05) is 0 Å². The van der Waals surface area contributed by atoms with Gasteiger partial charge in [-0.25, -0.2) is 9.37 Å². The molecule has 5 nitrogen and oxygen atoms in total. The zero-order chi connectivity index (χ0) is 16.2. The zero-order valence-corrected chi connectivity index (χ0v) is 13.0. The SMILES string of the molecule is CC1CN(C(=O)CCc2ncc(-c3ccc(F)cc3)o2)CCO1. The smallest absolute Gasteiger partial charge is 0.223 e. The van der Waals surface area contributed by atoms with Crippen molar-refractivity contribution in [2.75, 3.05) is 19.7 Å². The van der Waals surface area contributed by atoms with Crippen LogP contribution in [0.3, 0.4) is 0 Å². The van der Waals surface area contributed by atoms with Crippen LogP contribution in [-0.2, 0) is 16.0 Å². The van der Waals surface area contributed by atoms with Crippen LogP contribution in [0.15, 0.2) is 34.9 Å². The van der Waals surface area contributed by atoms with Crippen molar-refractivity contribution in [2.45, 2.75) is 25.9 Å². The Morgan fingerprint density at radius 1 is 1.39 bits per heavy atom. The number of oxazole rings is 1. The standard InChI is InChI=1S/C17H19FN2O3/c1-12-11-20(8-9-22-12)17(21)7-6-16-19-10-15(23-16)13-2-4-14(18)5-3-13/h2-5,10,12H,6-9,11H2,1H3. The molecule has 0 aliphatic carbocycles. The number of aryl methyl sites for hydroxylation is 1. The molecule has 1 amide bonds. The summed E-state index contributed by atoms with van der Waals surface area (Å²) in [7, 11) is 0. The van der Waals surface area contributed by atoms with Gasteiger partial charge in [-0.3, -0.25) is 4.79 Å². The van der Waals surface area contributed by atoms with E-state index in [1.165, 1.54) is 12.1 Å². The van der Waals surface area contributed by atoms with E-state index in [-0.39, 0.29) is 17.8 Å². The molecule has 0 bridgehead atoms. The van der Waals surface area contributed by atoms with E-state index in [0.29, 0.717) is 44.2 Å². The van der Waals surface area contributed by atoms with Crippen molar-refractivity contribution in [3.05, 3.63) is 42.2 Å². The number of morpholine rings is 1. The molecule has 2 aromatic rings. The molecule has 1 fully saturated rings. The molecule has 1 aliphatic heterocycles. The Kier molecular flexibility index (Phi) is 4.71.